The van der Waals surface area contributed by atoms with Gasteiger partial charge in [-0.25, -0.2) is 4.79 Å². The Balaban J connectivity index is 0. The zero-order chi connectivity index (χ0) is 19.1. The van der Waals surface area contributed by atoms with E-state index in [4.69, 9.17) is 4.74 Å². The first-order valence-electron chi connectivity index (χ1n) is 9.53. The molecule has 0 aliphatic rings. The van der Waals surface area contributed by atoms with Gasteiger partial charge in [0.1, 0.15) is 5.60 Å². The summed E-state index contributed by atoms with van der Waals surface area (Å²) in [5, 5.41) is 9.16. The SMILES string of the molecule is CCNC(=NCCCCN(CC)CC)NCCNC(=O)OC(C)(C)C.I. The van der Waals surface area contributed by atoms with Crippen molar-refractivity contribution in [3.8, 4) is 0 Å². The number of rotatable bonds is 11. The summed E-state index contributed by atoms with van der Waals surface area (Å²) in [5.74, 6) is 0.788. The maximum absolute atomic E-state index is 11.6. The number of amides is 1. The lowest BCUT2D eigenvalue weighted by molar-refractivity contribution is 0.0529. The number of hydrogen-bond donors (Lipinski definition) is 3. The van der Waals surface area contributed by atoms with Gasteiger partial charge in [0.05, 0.1) is 0 Å². The Kier molecular flexibility index (Phi) is 17.3. The molecule has 0 rings (SSSR count). The topological polar surface area (TPSA) is 78.0 Å². The molecule has 3 N–H and O–H groups in total. The molecule has 0 saturated heterocycles. The van der Waals surface area contributed by atoms with E-state index in [0.29, 0.717) is 13.1 Å². The standard InChI is InChI=1S/C18H39N5O2.HI/c1-7-19-16(20-12-10-11-15-23(8-2)9-3)21-13-14-22-17(24)25-18(4,5)6;/h7-15H2,1-6H3,(H,22,24)(H2,19,20,21);1H. The van der Waals surface area contributed by atoms with Gasteiger partial charge in [-0.1, -0.05) is 13.8 Å². The smallest absolute Gasteiger partial charge is 0.407 e. The average molecular weight is 485 g/mol. The van der Waals surface area contributed by atoms with Crippen LogP contribution in [0.4, 0.5) is 4.79 Å². The number of guanidine groups is 1. The van der Waals surface area contributed by atoms with Gasteiger partial charge in [-0.2, -0.15) is 0 Å². The first-order valence-corrected chi connectivity index (χ1v) is 9.53. The molecule has 8 heteroatoms. The lowest BCUT2D eigenvalue weighted by Crippen LogP contribution is -2.42. The molecule has 0 fully saturated rings. The number of alkyl carbamates (subject to hydrolysis) is 1. The quantitative estimate of drug-likeness (QED) is 0.182. The summed E-state index contributed by atoms with van der Waals surface area (Å²) in [6.07, 6.45) is 1.83. The van der Waals surface area contributed by atoms with Crippen LogP contribution in [-0.4, -0.2) is 68.4 Å². The van der Waals surface area contributed by atoms with E-state index in [0.717, 1.165) is 51.5 Å². The van der Waals surface area contributed by atoms with Crippen molar-refractivity contribution in [1.82, 2.24) is 20.9 Å². The Morgan fingerprint density at radius 3 is 2.15 bits per heavy atom. The number of unbranched alkanes of at least 4 members (excludes halogenated alkanes) is 1. The molecule has 0 unspecified atom stereocenters. The summed E-state index contributed by atoms with van der Waals surface area (Å²) < 4.78 is 5.19. The van der Waals surface area contributed by atoms with Crippen LogP contribution >= 0.6 is 24.0 Å². The van der Waals surface area contributed by atoms with E-state index in [-0.39, 0.29) is 24.0 Å². The number of carbonyl (C=O) groups excluding carboxylic acids is 1. The van der Waals surface area contributed by atoms with Crippen LogP contribution in [0, 0.1) is 0 Å². The molecule has 1 amide bonds. The molecule has 0 saturated carbocycles. The Hall–Kier alpha value is -0.770. The van der Waals surface area contributed by atoms with Crippen LogP contribution < -0.4 is 16.0 Å². The van der Waals surface area contributed by atoms with Crippen molar-refractivity contribution in [2.45, 2.75) is 60.0 Å². The van der Waals surface area contributed by atoms with Crippen LogP contribution in [0.1, 0.15) is 54.4 Å². The minimum atomic E-state index is -0.473. The molecule has 26 heavy (non-hydrogen) atoms. The van der Waals surface area contributed by atoms with Gasteiger partial charge in [0, 0.05) is 26.2 Å². The third kappa shape index (κ3) is 16.7. The van der Waals surface area contributed by atoms with E-state index in [9.17, 15) is 4.79 Å². The second-order valence-electron chi connectivity index (χ2n) is 6.85. The monoisotopic (exact) mass is 485 g/mol. The van der Waals surface area contributed by atoms with Gasteiger partial charge in [-0.3, -0.25) is 4.99 Å². The molecule has 7 nitrogen and oxygen atoms in total. The normalized spacial score (nSPS) is 11.7. The summed E-state index contributed by atoms with van der Waals surface area (Å²) in [6.45, 7) is 18.0. The summed E-state index contributed by atoms with van der Waals surface area (Å²) in [4.78, 5) is 18.6. The molecule has 0 spiro atoms. The van der Waals surface area contributed by atoms with Gasteiger partial charge in [0.2, 0.25) is 0 Å². The molecule has 0 aromatic carbocycles. The number of carbonyl (C=O) groups is 1. The van der Waals surface area contributed by atoms with Gasteiger partial charge >= 0.3 is 6.09 Å². The Morgan fingerprint density at radius 1 is 1.00 bits per heavy atom. The molecule has 156 valence electrons. The second kappa shape index (κ2) is 16.4. The van der Waals surface area contributed by atoms with Crippen molar-refractivity contribution < 1.29 is 9.53 Å². The maximum Gasteiger partial charge on any atom is 0.407 e. The summed E-state index contributed by atoms with van der Waals surface area (Å²) >= 11 is 0. The van der Waals surface area contributed by atoms with Crippen molar-refractivity contribution in [3.63, 3.8) is 0 Å². The van der Waals surface area contributed by atoms with E-state index in [2.05, 4.69) is 39.7 Å². The Bertz CT molecular complexity index is 382. The zero-order valence-electron chi connectivity index (χ0n) is 17.5. The molecule has 0 heterocycles. The number of hydrogen-bond acceptors (Lipinski definition) is 4. The van der Waals surface area contributed by atoms with E-state index in [1.165, 1.54) is 0 Å². The maximum atomic E-state index is 11.6. The molecular weight excluding hydrogens is 445 g/mol. The molecular formula is C18H40IN5O2. The van der Waals surface area contributed by atoms with Crippen LogP contribution in [0.5, 0.6) is 0 Å². The number of nitrogens with one attached hydrogen (secondary N) is 3. The van der Waals surface area contributed by atoms with Crippen molar-refractivity contribution in [2.24, 2.45) is 4.99 Å². The molecule has 0 bridgehead atoms. The average Bonchev–Trinajstić information content (AvgIpc) is 2.53. The molecule has 0 radical (unpaired) electrons. The fraction of sp³-hybridized carbons (Fsp3) is 0.889. The third-order valence-corrected chi connectivity index (χ3v) is 3.48. The summed E-state index contributed by atoms with van der Waals surface area (Å²) in [5.41, 5.74) is -0.473. The van der Waals surface area contributed by atoms with Crippen LogP contribution in [0.15, 0.2) is 4.99 Å². The minimum absolute atomic E-state index is 0. The van der Waals surface area contributed by atoms with Crippen molar-refractivity contribution >= 4 is 36.0 Å². The highest BCUT2D eigenvalue weighted by Crippen LogP contribution is 2.05. The van der Waals surface area contributed by atoms with Gasteiger partial charge in [-0.05, 0) is 60.2 Å². The molecule has 0 atom stereocenters. The zero-order valence-corrected chi connectivity index (χ0v) is 19.8. The first kappa shape index (κ1) is 27.4. The lowest BCUT2D eigenvalue weighted by atomic mass is 10.2. The van der Waals surface area contributed by atoms with Gasteiger partial charge in [-0.15, -0.1) is 24.0 Å². The minimum Gasteiger partial charge on any atom is -0.444 e. The van der Waals surface area contributed by atoms with Gasteiger partial charge in [0.25, 0.3) is 0 Å². The van der Waals surface area contributed by atoms with E-state index >= 15 is 0 Å². The van der Waals surface area contributed by atoms with Crippen molar-refractivity contribution in [3.05, 3.63) is 0 Å². The largest absolute Gasteiger partial charge is 0.444 e. The predicted molar refractivity (Wildman–Crippen MR) is 121 cm³/mol. The van der Waals surface area contributed by atoms with Crippen molar-refractivity contribution in [2.75, 3.05) is 45.8 Å². The number of ether oxygens (including phenoxy) is 1. The second-order valence-corrected chi connectivity index (χ2v) is 6.85. The molecule has 0 aromatic heterocycles. The van der Waals surface area contributed by atoms with Crippen LogP contribution in [0.25, 0.3) is 0 Å². The molecule has 0 aliphatic carbocycles. The molecule has 0 aliphatic heterocycles. The number of nitrogens with zero attached hydrogens (tertiary/aromatic N) is 2. The summed E-state index contributed by atoms with van der Waals surface area (Å²) in [6, 6.07) is 0. The van der Waals surface area contributed by atoms with E-state index in [1.54, 1.807) is 0 Å². The highest BCUT2D eigenvalue weighted by Gasteiger charge is 2.15. The Labute approximate surface area is 177 Å². The third-order valence-electron chi connectivity index (χ3n) is 3.48. The van der Waals surface area contributed by atoms with Crippen LogP contribution in [0.3, 0.4) is 0 Å². The summed E-state index contributed by atoms with van der Waals surface area (Å²) in [7, 11) is 0. The van der Waals surface area contributed by atoms with E-state index in [1.807, 2.05) is 27.7 Å². The number of halogens is 1. The first-order chi connectivity index (χ1) is 11.8. The fourth-order valence-corrected chi connectivity index (χ4v) is 2.18. The fourth-order valence-electron chi connectivity index (χ4n) is 2.18. The van der Waals surface area contributed by atoms with Gasteiger partial charge < -0.3 is 25.6 Å². The van der Waals surface area contributed by atoms with Crippen LogP contribution in [0.2, 0.25) is 0 Å². The van der Waals surface area contributed by atoms with E-state index < -0.39 is 11.7 Å². The highest BCUT2D eigenvalue weighted by molar-refractivity contribution is 14.0. The molecule has 0 aromatic rings. The van der Waals surface area contributed by atoms with Gasteiger partial charge in [0.15, 0.2) is 5.96 Å². The predicted octanol–water partition coefficient (Wildman–Crippen LogP) is 2.81. The number of aliphatic imine (C=N–C) groups is 1. The highest BCUT2D eigenvalue weighted by atomic mass is 127. The van der Waals surface area contributed by atoms with Crippen LogP contribution in [-0.2, 0) is 4.74 Å². The lowest BCUT2D eigenvalue weighted by Gasteiger charge is -2.20. The van der Waals surface area contributed by atoms with Crippen molar-refractivity contribution in [1.29, 1.82) is 0 Å². The Morgan fingerprint density at radius 2 is 1.62 bits per heavy atom.